The van der Waals surface area contributed by atoms with Crippen LogP contribution in [0.1, 0.15) is 18.7 Å². The van der Waals surface area contributed by atoms with Crippen LogP contribution < -0.4 is 0 Å². The second kappa shape index (κ2) is 5.94. The predicted octanol–water partition coefficient (Wildman–Crippen LogP) is 2.53. The van der Waals surface area contributed by atoms with Crippen molar-refractivity contribution in [3.8, 4) is 0 Å². The van der Waals surface area contributed by atoms with Gasteiger partial charge >= 0.3 is 0 Å². The molecule has 0 saturated heterocycles. The number of rotatable bonds is 6. The second-order valence-electron chi connectivity index (χ2n) is 3.50. The zero-order valence-electron chi connectivity index (χ0n) is 8.66. The summed E-state index contributed by atoms with van der Waals surface area (Å²) in [4.78, 5) is 12.5. The molecule has 0 radical (unpaired) electrons. The van der Waals surface area contributed by atoms with E-state index in [1.54, 1.807) is 11.3 Å². The van der Waals surface area contributed by atoms with Crippen LogP contribution in [0.5, 0.6) is 0 Å². The van der Waals surface area contributed by atoms with Crippen LogP contribution in [-0.4, -0.2) is 19.0 Å². The van der Waals surface area contributed by atoms with Gasteiger partial charge in [-0.05, 0) is 11.4 Å². The standard InChI is InChI=1S/C11H16O2S/c1-9(2)11(12)8-13-6-5-10-4-3-7-14-10/h3-4,7,9H,5-6,8H2,1-2H3. The maximum atomic E-state index is 11.2. The maximum Gasteiger partial charge on any atom is 0.160 e. The molecule has 0 aromatic carbocycles. The van der Waals surface area contributed by atoms with Crippen molar-refractivity contribution >= 4 is 17.1 Å². The van der Waals surface area contributed by atoms with Crippen molar-refractivity contribution < 1.29 is 9.53 Å². The minimum Gasteiger partial charge on any atom is -0.373 e. The molecule has 0 aliphatic heterocycles. The summed E-state index contributed by atoms with van der Waals surface area (Å²) in [6.07, 6.45) is 0.906. The molecular weight excluding hydrogens is 196 g/mol. The van der Waals surface area contributed by atoms with Crippen molar-refractivity contribution in [1.82, 2.24) is 0 Å². The van der Waals surface area contributed by atoms with E-state index in [1.807, 2.05) is 19.9 Å². The van der Waals surface area contributed by atoms with Crippen molar-refractivity contribution in [2.45, 2.75) is 20.3 Å². The van der Waals surface area contributed by atoms with Crippen molar-refractivity contribution in [2.75, 3.05) is 13.2 Å². The summed E-state index contributed by atoms with van der Waals surface area (Å²) in [5.74, 6) is 0.257. The molecule has 1 rings (SSSR count). The minimum absolute atomic E-state index is 0.0803. The normalized spacial score (nSPS) is 10.8. The Hall–Kier alpha value is -0.670. The van der Waals surface area contributed by atoms with Gasteiger partial charge in [-0.2, -0.15) is 0 Å². The zero-order chi connectivity index (χ0) is 10.4. The van der Waals surface area contributed by atoms with Gasteiger partial charge in [-0.15, -0.1) is 11.3 Å². The van der Waals surface area contributed by atoms with Gasteiger partial charge in [-0.3, -0.25) is 4.79 Å². The zero-order valence-corrected chi connectivity index (χ0v) is 9.47. The molecule has 1 aromatic rings. The molecule has 0 unspecified atom stereocenters. The number of carbonyl (C=O) groups is 1. The Labute approximate surface area is 88.9 Å². The van der Waals surface area contributed by atoms with Gasteiger partial charge in [-0.1, -0.05) is 19.9 Å². The van der Waals surface area contributed by atoms with Crippen LogP contribution in [0.2, 0.25) is 0 Å². The van der Waals surface area contributed by atoms with Crippen LogP contribution in [0.3, 0.4) is 0 Å². The molecule has 14 heavy (non-hydrogen) atoms. The lowest BCUT2D eigenvalue weighted by Crippen LogP contribution is -2.15. The van der Waals surface area contributed by atoms with E-state index in [9.17, 15) is 4.79 Å². The van der Waals surface area contributed by atoms with E-state index in [0.717, 1.165) is 6.42 Å². The van der Waals surface area contributed by atoms with Crippen molar-refractivity contribution in [3.05, 3.63) is 22.4 Å². The van der Waals surface area contributed by atoms with E-state index in [0.29, 0.717) is 6.61 Å². The molecule has 0 N–H and O–H groups in total. The Morgan fingerprint density at radius 2 is 2.36 bits per heavy atom. The van der Waals surface area contributed by atoms with E-state index in [4.69, 9.17) is 4.74 Å². The SMILES string of the molecule is CC(C)C(=O)COCCc1cccs1. The first-order valence-corrected chi connectivity index (χ1v) is 5.71. The number of ether oxygens (including phenoxy) is 1. The molecule has 3 heteroatoms. The van der Waals surface area contributed by atoms with Gasteiger partial charge in [0, 0.05) is 17.2 Å². The van der Waals surface area contributed by atoms with E-state index < -0.39 is 0 Å². The molecule has 0 fully saturated rings. The molecule has 0 atom stereocenters. The lowest BCUT2D eigenvalue weighted by Gasteiger charge is -2.04. The Morgan fingerprint density at radius 1 is 1.57 bits per heavy atom. The number of carbonyl (C=O) groups excluding carboxylic acids is 1. The molecule has 1 aromatic heterocycles. The van der Waals surface area contributed by atoms with Gasteiger partial charge in [0.15, 0.2) is 5.78 Å². The lowest BCUT2D eigenvalue weighted by molar-refractivity contribution is -0.126. The summed E-state index contributed by atoms with van der Waals surface area (Å²) in [7, 11) is 0. The predicted molar refractivity (Wildman–Crippen MR) is 58.7 cm³/mol. The molecule has 0 amide bonds. The average Bonchev–Trinajstić information content (AvgIpc) is 2.64. The first-order valence-electron chi connectivity index (χ1n) is 4.83. The van der Waals surface area contributed by atoms with E-state index in [1.165, 1.54) is 4.88 Å². The van der Waals surface area contributed by atoms with Crippen LogP contribution in [0.4, 0.5) is 0 Å². The third-order valence-corrected chi connectivity index (χ3v) is 2.90. The number of Topliss-reactive ketones (excluding diaryl/α,β-unsaturated/α-hetero) is 1. The van der Waals surface area contributed by atoms with Crippen molar-refractivity contribution in [2.24, 2.45) is 5.92 Å². The topological polar surface area (TPSA) is 26.3 Å². The molecular formula is C11H16O2S. The molecule has 0 spiro atoms. The smallest absolute Gasteiger partial charge is 0.160 e. The Balaban J connectivity index is 2.08. The molecule has 1 heterocycles. The summed E-state index contributed by atoms with van der Waals surface area (Å²) in [5.41, 5.74) is 0. The van der Waals surface area contributed by atoms with Gasteiger partial charge in [0.2, 0.25) is 0 Å². The number of hydrogen-bond acceptors (Lipinski definition) is 3. The van der Waals surface area contributed by atoms with Crippen molar-refractivity contribution in [3.63, 3.8) is 0 Å². The highest BCUT2D eigenvalue weighted by Gasteiger charge is 2.06. The summed E-state index contributed by atoms with van der Waals surface area (Å²) in [5, 5.41) is 2.05. The van der Waals surface area contributed by atoms with Crippen LogP contribution in [0.25, 0.3) is 0 Å². The first-order chi connectivity index (χ1) is 6.70. The van der Waals surface area contributed by atoms with Crippen molar-refractivity contribution in [1.29, 1.82) is 0 Å². The van der Waals surface area contributed by atoms with Crippen LogP contribution in [-0.2, 0) is 16.0 Å². The van der Waals surface area contributed by atoms with Crippen LogP contribution in [0, 0.1) is 5.92 Å². The monoisotopic (exact) mass is 212 g/mol. The van der Waals surface area contributed by atoms with Crippen LogP contribution in [0.15, 0.2) is 17.5 Å². The fourth-order valence-electron chi connectivity index (χ4n) is 0.967. The molecule has 0 saturated carbocycles. The van der Waals surface area contributed by atoms with Gasteiger partial charge < -0.3 is 4.74 Å². The third-order valence-electron chi connectivity index (χ3n) is 1.96. The highest BCUT2D eigenvalue weighted by molar-refractivity contribution is 7.09. The second-order valence-corrected chi connectivity index (χ2v) is 4.54. The fraction of sp³-hybridized carbons (Fsp3) is 0.545. The number of hydrogen-bond donors (Lipinski definition) is 0. The van der Waals surface area contributed by atoms with E-state index >= 15 is 0 Å². The summed E-state index contributed by atoms with van der Waals surface area (Å²) in [6, 6.07) is 4.11. The fourth-order valence-corrected chi connectivity index (χ4v) is 1.66. The molecule has 2 nitrogen and oxygen atoms in total. The van der Waals surface area contributed by atoms with Gasteiger partial charge in [0.1, 0.15) is 6.61 Å². The lowest BCUT2D eigenvalue weighted by atomic mass is 10.1. The molecule has 78 valence electrons. The average molecular weight is 212 g/mol. The summed E-state index contributed by atoms with van der Waals surface area (Å²) < 4.78 is 5.29. The van der Waals surface area contributed by atoms with Gasteiger partial charge in [0.25, 0.3) is 0 Å². The highest BCUT2D eigenvalue weighted by Crippen LogP contribution is 2.08. The number of ketones is 1. The highest BCUT2D eigenvalue weighted by atomic mass is 32.1. The molecule has 0 bridgehead atoms. The summed E-state index contributed by atoms with van der Waals surface area (Å²) >= 11 is 1.72. The Bertz CT molecular complexity index is 265. The maximum absolute atomic E-state index is 11.2. The molecule has 0 aliphatic rings. The van der Waals surface area contributed by atoms with Crippen LogP contribution >= 0.6 is 11.3 Å². The Morgan fingerprint density at radius 3 is 2.93 bits per heavy atom. The van der Waals surface area contributed by atoms with Gasteiger partial charge in [0.05, 0.1) is 6.61 Å². The number of thiophene rings is 1. The largest absolute Gasteiger partial charge is 0.373 e. The summed E-state index contributed by atoms with van der Waals surface area (Å²) in [6.45, 7) is 4.68. The quantitative estimate of drug-likeness (QED) is 0.677. The van der Waals surface area contributed by atoms with E-state index in [-0.39, 0.29) is 18.3 Å². The molecule has 0 aliphatic carbocycles. The Kier molecular flexibility index (Phi) is 4.84. The van der Waals surface area contributed by atoms with E-state index in [2.05, 4.69) is 11.4 Å². The third kappa shape index (κ3) is 4.03. The first kappa shape index (κ1) is 11.4. The minimum atomic E-state index is 0.0803. The van der Waals surface area contributed by atoms with Gasteiger partial charge in [-0.25, -0.2) is 0 Å².